The Morgan fingerprint density at radius 2 is 2.05 bits per heavy atom. The van der Waals surface area contributed by atoms with Gasteiger partial charge in [0, 0.05) is 16.2 Å². The van der Waals surface area contributed by atoms with Gasteiger partial charge in [-0.05, 0) is 36.2 Å². The van der Waals surface area contributed by atoms with Gasteiger partial charge in [-0.3, -0.25) is 0 Å². The van der Waals surface area contributed by atoms with E-state index in [0.717, 1.165) is 16.6 Å². The van der Waals surface area contributed by atoms with Crippen molar-refractivity contribution < 1.29 is 9.13 Å². The van der Waals surface area contributed by atoms with Crippen LogP contribution in [0.1, 0.15) is 24.9 Å². The number of methoxy groups -OCH3 is 1. The summed E-state index contributed by atoms with van der Waals surface area (Å²) in [6.07, 6.45) is 0.927. The molecular formula is C16H17BrFNO. The predicted octanol–water partition coefficient (Wildman–Crippen LogP) is 5.16. The molecule has 1 atom stereocenters. The van der Waals surface area contributed by atoms with E-state index in [1.54, 1.807) is 12.1 Å². The van der Waals surface area contributed by atoms with Gasteiger partial charge in [0.2, 0.25) is 0 Å². The molecule has 0 aromatic heterocycles. The molecule has 2 rings (SSSR count). The second kappa shape index (κ2) is 6.75. The van der Waals surface area contributed by atoms with Crippen molar-refractivity contribution in [1.82, 2.24) is 0 Å². The van der Waals surface area contributed by atoms with E-state index in [1.165, 1.54) is 18.7 Å². The van der Waals surface area contributed by atoms with Gasteiger partial charge in [-0.1, -0.05) is 35.0 Å². The summed E-state index contributed by atoms with van der Waals surface area (Å²) in [6.45, 7) is 2.11. The van der Waals surface area contributed by atoms with Crippen LogP contribution in [0.5, 0.6) is 5.75 Å². The highest BCUT2D eigenvalue weighted by Crippen LogP contribution is 2.28. The average molecular weight is 338 g/mol. The van der Waals surface area contributed by atoms with Crippen LogP contribution in [0, 0.1) is 5.82 Å². The standard InChI is InChI=1S/C16H17BrFNO/c1-3-15(11-5-4-6-12(17)9-11)19-13-7-8-14(18)16(10-13)20-2/h4-10,15,19H,3H2,1-2H3. The Bertz CT molecular complexity index is 588. The second-order valence-corrected chi connectivity index (χ2v) is 5.43. The average Bonchev–Trinajstić information content (AvgIpc) is 2.46. The van der Waals surface area contributed by atoms with E-state index in [0.29, 0.717) is 0 Å². The van der Waals surface area contributed by atoms with Gasteiger partial charge < -0.3 is 10.1 Å². The lowest BCUT2D eigenvalue weighted by Crippen LogP contribution is -2.09. The SMILES string of the molecule is CCC(Nc1ccc(F)c(OC)c1)c1cccc(Br)c1. The van der Waals surface area contributed by atoms with Gasteiger partial charge in [0.1, 0.15) is 0 Å². The highest BCUT2D eigenvalue weighted by molar-refractivity contribution is 9.10. The number of halogens is 2. The molecule has 1 unspecified atom stereocenters. The minimum Gasteiger partial charge on any atom is -0.494 e. The van der Waals surface area contributed by atoms with Crippen molar-refractivity contribution >= 4 is 21.6 Å². The van der Waals surface area contributed by atoms with E-state index in [4.69, 9.17) is 4.74 Å². The summed E-state index contributed by atoms with van der Waals surface area (Å²) in [4.78, 5) is 0. The van der Waals surface area contributed by atoms with E-state index < -0.39 is 0 Å². The fourth-order valence-corrected chi connectivity index (χ4v) is 2.51. The third-order valence-corrected chi connectivity index (χ3v) is 3.64. The number of benzene rings is 2. The largest absolute Gasteiger partial charge is 0.494 e. The van der Waals surface area contributed by atoms with E-state index in [9.17, 15) is 4.39 Å². The smallest absolute Gasteiger partial charge is 0.165 e. The van der Waals surface area contributed by atoms with Gasteiger partial charge in [0.25, 0.3) is 0 Å². The lowest BCUT2D eigenvalue weighted by atomic mass is 10.0. The molecule has 2 aromatic rings. The maximum Gasteiger partial charge on any atom is 0.165 e. The van der Waals surface area contributed by atoms with Crippen LogP contribution in [0.2, 0.25) is 0 Å². The second-order valence-electron chi connectivity index (χ2n) is 4.51. The van der Waals surface area contributed by atoms with E-state index in [2.05, 4.69) is 40.3 Å². The Morgan fingerprint density at radius 3 is 2.70 bits per heavy atom. The minimum absolute atomic E-state index is 0.169. The fraction of sp³-hybridized carbons (Fsp3) is 0.250. The monoisotopic (exact) mass is 337 g/mol. The molecule has 0 saturated carbocycles. The van der Waals surface area contributed by atoms with Crippen LogP contribution in [-0.2, 0) is 0 Å². The first-order valence-electron chi connectivity index (χ1n) is 6.49. The van der Waals surface area contributed by atoms with Crippen LogP contribution < -0.4 is 10.1 Å². The molecule has 0 radical (unpaired) electrons. The Hall–Kier alpha value is -1.55. The number of nitrogens with one attached hydrogen (secondary N) is 1. The van der Waals surface area contributed by atoms with Crippen LogP contribution >= 0.6 is 15.9 Å². The van der Waals surface area contributed by atoms with Gasteiger partial charge in [0.15, 0.2) is 11.6 Å². The summed E-state index contributed by atoms with van der Waals surface area (Å²) < 4.78 is 19.5. The zero-order chi connectivity index (χ0) is 14.5. The molecule has 20 heavy (non-hydrogen) atoms. The van der Waals surface area contributed by atoms with Crippen molar-refractivity contribution in [1.29, 1.82) is 0 Å². The molecule has 0 aliphatic heterocycles. The van der Waals surface area contributed by atoms with Crippen LogP contribution in [0.3, 0.4) is 0 Å². The number of hydrogen-bond donors (Lipinski definition) is 1. The highest BCUT2D eigenvalue weighted by Gasteiger charge is 2.11. The Labute approximate surface area is 127 Å². The molecule has 0 bridgehead atoms. The quantitative estimate of drug-likeness (QED) is 0.813. The number of ether oxygens (including phenoxy) is 1. The topological polar surface area (TPSA) is 21.3 Å². The first-order chi connectivity index (χ1) is 9.63. The molecule has 0 heterocycles. The maximum atomic E-state index is 13.4. The normalized spacial score (nSPS) is 12.0. The van der Waals surface area contributed by atoms with Gasteiger partial charge in [-0.15, -0.1) is 0 Å². The van der Waals surface area contributed by atoms with Gasteiger partial charge in [-0.25, -0.2) is 4.39 Å². The van der Waals surface area contributed by atoms with E-state index in [1.807, 2.05) is 12.1 Å². The van der Waals surface area contributed by atoms with Gasteiger partial charge in [0.05, 0.1) is 13.2 Å². The first-order valence-corrected chi connectivity index (χ1v) is 7.29. The Kier molecular flexibility index (Phi) is 5.01. The molecule has 0 saturated heterocycles. The molecule has 1 N–H and O–H groups in total. The van der Waals surface area contributed by atoms with Crippen molar-refractivity contribution in [2.24, 2.45) is 0 Å². The molecule has 4 heteroatoms. The van der Waals surface area contributed by atoms with Gasteiger partial charge in [-0.2, -0.15) is 0 Å². The molecule has 0 fully saturated rings. The Morgan fingerprint density at radius 1 is 1.25 bits per heavy atom. The molecule has 0 aliphatic carbocycles. The summed E-state index contributed by atoms with van der Waals surface area (Å²) in [7, 11) is 1.47. The molecule has 0 amide bonds. The summed E-state index contributed by atoms with van der Waals surface area (Å²) in [5.41, 5.74) is 2.03. The third kappa shape index (κ3) is 3.51. The van der Waals surface area contributed by atoms with Crippen molar-refractivity contribution in [2.75, 3.05) is 12.4 Å². The molecule has 106 valence electrons. The van der Waals surface area contributed by atoms with Crippen molar-refractivity contribution in [3.8, 4) is 5.75 Å². The van der Waals surface area contributed by atoms with Crippen molar-refractivity contribution in [2.45, 2.75) is 19.4 Å². The van der Waals surface area contributed by atoms with Gasteiger partial charge >= 0.3 is 0 Å². The van der Waals surface area contributed by atoms with E-state index in [-0.39, 0.29) is 17.6 Å². The van der Waals surface area contributed by atoms with Crippen LogP contribution in [0.25, 0.3) is 0 Å². The van der Waals surface area contributed by atoms with E-state index >= 15 is 0 Å². The minimum atomic E-state index is -0.353. The van der Waals surface area contributed by atoms with Crippen LogP contribution in [-0.4, -0.2) is 7.11 Å². The zero-order valence-electron chi connectivity index (χ0n) is 11.5. The number of anilines is 1. The number of hydrogen-bond acceptors (Lipinski definition) is 2. The highest BCUT2D eigenvalue weighted by atomic mass is 79.9. The Balaban J connectivity index is 2.22. The molecule has 0 aliphatic rings. The lowest BCUT2D eigenvalue weighted by Gasteiger charge is -2.19. The van der Waals surface area contributed by atoms with Crippen molar-refractivity contribution in [3.05, 3.63) is 58.3 Å². The summed E-state index contributed by atoms with van der Waals surface area (Å²) in [5, 5.41) is 3.41. The summed E-state index contributed by atoms with van der Waals surface area (Å²) in [6, 6.07) is 13.1. The predicted molar refractivity (Wildman–Crippen MR) is 83.7 cm³/mol. The van der Waals surface area contributed by atoms with Crippen molar-refractivity contribution in [3.63, 3.8) is 0 Å². The van der Waals surface area contributed by atoms with Crippen LogP contribution in [0.15, 0.2) is 46.9 Å². The summed E-state index contributed by atoms with van der Waals surface area (Å²) >= 11 is 3.48. The first kappa shape index (κ1) is 14.9. The third-order valence-electron chi connectivity index (χ3n) is 3.15. The zero-order valence-corrected chi connectivity index (χ0v) is 13.1. The maximum absolute atomic E-state index is 13.4. The lowest BCUT2D eigenvalue weighted by molar-refractivity contribution is 0.386. The molecule has 2 aromatic carbocycles. The molecule has 0 spiro atoms. The molecule has 2 nitrogen and oxygen atoms in total. The molecular weight excluding hydrogens is 321 g/mol. The van der Waals surface area contributed by atoms with Crippen LogP contribution in [0.4, 0.5) is 10.1 Å². The number of rotatable bonds is 5. The summed E-state index contributed by atoms with van der Waals surface area (Å²) in [5.74, 6) is -0.104. The fourth-order valence-electron chi connectivity index (χ4n) is 2.10.